The van der Waals surface area contributed by atoms with Crippen molar-refractivity contribution in [2.45, 2.75) is 12.3 Å². The molecule has 0 aliphatic carbocycles. The molecule has 22 heavy (non-hydrogen) atoms. The average Bonchev–Trinajstić information content (AvgIpc) is 2.95. The van der Waals surface area contributed by atoms with Crippen molar-refractivity contribution >= 4 is 10.9 Å². The molecule has 0 spiro atoms. The lowest BCUT2D eigenvalue weighted by Crippen LogP contribution is -2.14. The highest BCUT2D eigenvalue weighted by atomic mass is 19.1. The molecule has 0 amide bonds. The van der Waals surface area contributed by atoms with E-state index in [1.54, 1.807) is 19.2 Å². The Balaban J connectivity index is 1.96. The van der Waals surface area contributed by atoms with Crippen molar-refractivity contribution in [3.05, 3.63) is 65.6 Å². The van der Waals surface area contributed by atoms with Crippen LogP contribution in [0.4, 0.5) is 4.39 Å². The summed E-state index contributed by atoms with van der Waals surface area (Å²) >= 11 is 0. The van der Waals surface area contributed by atoms with E-state index >= 15 is 0 Å². The lowest BCUT2D eigenvalue weighted by atomic mass is 9.91. The van der Waals surface area contributed by atoms with Crippen molar-refractivity contribution in [2.24, 2.45) is 5.73 Å². The van der Waals surface area contributed by atoms with E-state index in [9.17, 15) is 4.39 Å². The maximum Gasteiger partial charge on any atom is 0.123 e. The third kappa shape index (κ3) is 2.83. The normalized spacial score (nSPS) is 12.5. The van der Waals surface area contributed by atoms with E-state index in [2.05, 4.69) is 4.98 Å². The number of halogens is 1. The first kappa shape index (κ1) is 14.6. The number of H-pyrrole nitrogens is 1. The number of fused-ring (bicyclic) bond motifs is 1. The summed E-state index contributed by atoms with van der Waals surface area (Å²) < 4.78 is 18.7. The van der Waals surface area contributed by atoms with Crippen LogP contribution < -0.4 is 10.5 Å². The molecule has 4 heteroatoms. The number of hydrogen-bond donors (Lipinski definition) is 2. The molecule has 0 saturated heterocycles. The second-order valence-corrected chi connectivity index (χ2v) is 5.42. The zero-order chi connectivity index (χ0) is 15.5. The topological polar surface area (TPSA) is 51.0 Å². The number of methoxy groups -OCH3 is 1. The van der Waals surface area contributed by atoms with Gasteiger partial charge in [0.2, 0.25) is 0 Å². The monoisotopic (exact) mass is 298 g/mol. The Labute approximate surface area is 128 Å². The van der Waals surface area contributed by atoms with E-state index < -0.39 is 0 Å². The number of rotatable bonds is 5. The highest BCUT2D eigenvalue weighted by Gasteiger charge is 2.16. The van der Waals surface area contributed by atoms with Crippen LogP contribution in [0.5, 0.6) is 5.75 Å². The molecule has 0 aliphatic heterocycles. The van der Waals surface area contributed by atoms with Gasteiger partial charge in [-0.3, -0.25) is 0 Å². The summed E-state index contributed by atoms with van der Waals surface area (Å²) in [4.78, 5) is 3.27. The number of nitrogens with one attached hydrogen (secondary N) is 1. The van der Waals surface area contributed by atoms with Crippen LogP contribution in [0, 0.1) is 5.82 Å². The zero-order valence-electron chi connectivity index (χ0n) is 12.5. The van der Waals surface area contributed by atoms with Crippen LogP contribution in [-0.2, 0) is 6.42 Å². The molecule has 1 heterocycles. The molecule has 114 valence electrons. The van der Waals surface area contributed by atoms with Crippen LogP contribution in [-0.4, -0.2) is 18.6 Å². The smallest absolute Gasteiger partial charge is 0.123 e. The second kappa shape index (κ2) is 6.20. The van der Waals surface area contributed by atoms with Crippen molar-refractivity contribution in [1.82, 2.24) is 4.98 Å². The van der Waals surface area contributed by atoms with Gasteiger partial charge in [0, 0.05) is 23.0 Å². The Morgan fingerprint density at radius 2 is 2.09 bits per heavy atom. The molecule has 0 radical (unpaired) electrons. The first-order valence-electron chi connectivity index (χ1n) is 7.31. The fourth-order valence-electron chi connectivity index (χ4n) is 2.85. The Hall–Kier alpha value is -2.33. The van der Waals surface area contributed by atoms with Crippen molar-refractivity contribution in [3.63, 3.8) is 0 Å². The number of aromatic amines is 1. The molecular formula is C18H19FN2O. The summed E-state index contributed by atoms with van der Waals surface area (Å²) in [6, 6.07) is 12.6. The summed E-state index contributed by atoms with van der Waals surface area (Å²) in [6.45, 7) is 0.501. The Kier molecular flexibility index (Phi) is 4.11. The minimum Gasteiger partial charge on any atom is -0.497 e. The van der Waals surface area contributed by atoms with Gasteiger partial charge in [0.05, 0.1) is 7.11 Å². The molecule has 3 rings (SSSR count). The van der Waals surface area contributed by atoms with Crippen molar-refractivity contribution < 1.29 is 9.13 Å². The maximum atomic E-state index is 13.4. The van der Waals surface area contributed by atoms with Gasteiger partial charge in [-0.15, -0.1) is 0 Å². The minimum absolute atomic E-state index is 0.127. The summed E-state index contributed by atoms with van der Waals surface area (Å²) in [6.07, 6.45) is 2.69. The maximum absolute atomic E-state index is 13.4. The van der Waals surface area contributed by atoms with Gasteiger partial charge in [0.25, 0.3) is 0 Å². The number of hydrogen-bond acceptors (Lipinski definition) is 2. The van der Waals surface area contributed by atoms with E-state index in [4.69, 9.17) is 10.5 Å². The van der Waals surface area contributed by atoms with Crippen LogP contribution >= 0.6 is 0 Å². The Morgan fingerprint density at radius 1 is 1.23 bits per heavy atom. The van der Waals surface area contributed by atoms with E-state index in [-0.39, 0.29) is 11.7 Å². The van der Waals surface area contributed by atoms with Crippen molar-refractivity contribution in [1.29, 1.82) is 0 Å². The number of benzene rings is 2. The molecule has 1 atom stereocenters. The van der Waals surface area contributed by atoms with E-state index in [1.165, 1.54) is 6.07 Å². The van der Waals surface area contributed by atoms with Gasteiger partial charge >= 0.3 is 0 Å². The third-order valence-electron chi connectivity index (χ3n) is 4.02. The quantitative estimate of drug-likeness (QED) is 0.756. The summed E-state index contributed by atoms with van der Waals surface area (Å²) in [5, 5.41) is 1.10. The highest BCUT2D eigenvalue weighted by molar-refractivity contribution is 5.85. The largest absolute Gasteiger partial charge is 0.497 e. The average molecular weight is 298 g/mol. The van der Waals surface area contributed by atoms with Crippen molar-refractivity contribution in [2.75, 3.05) is 13.7 Å². The molecule has 1 unspecified atom stereocenters. The van der Waals surface area contributed by atoms with E-state index in [1.807, 2.05) is 30.5 Å². The van der Waals surface area contributed by atoms with Gasteiger partial charge in [0.15, 0.2) is 0 Å². The highest BCUT2D eigenvalue weighted by Crippen LogP contribution is 2.30. The number of ether oxygens (including phenoxy) is 1. The summed E-state index contributed by atoms with van der Waals surface area (Å²) in [5.41, 5.74) is 9.11. The van der Waals surface area contributed by atoms with Gasteiger partial charge in [-0.2, -0.15) is 0 Å². The van der Waals surface area contributed by atoms with E-state index in [0.29, 0.717) is 13.0 Å². The lowest BCUT2D eigenvalue weighted by Gasteiger charge is -2.15. The molecular weight excluding hydrogens is 279 g/mol. The van der Waals surface area contributed by atoms with Crippen LogP contribution in [0.1, 0.15) is 17.0 Å². The standard InChI is InChI=1S/C18H19FN2O/c1-22-15-5-6-18-16(9-15)17(11-21-18)13(10-20)7-12-3-2-4-14(19)8-12/h2-6,8-9,11,13,21H,7,10,20H2,1H3. The Morgan fingerprint density at radius 3 is 2.82 bits per heavy atom. The second-order valence-electron chi connectivity index (χ2n) is 5.42. The molecule has 0 saturated carbocycles. The third-order valence-corrected chi connectivity index (χ3v) is 4.02. The predicted octanol–water partition coefficient (Wildman–Crippen LogP) is 3.60. The molecule has 3 nitrogen and oxygen atoms in total. The van der Waals surface area contributed by atoms with Gasteiger partial charge < -0.3 is 15.5 Å². The number of aromatic nitrogens is 1. The molecule has 3 N–H and O–H groups in total. The molecule has 3 aromatic rings. The van der Waals surface area contributed by atoms with Crippen LogP contribution in [0.25, 0.3) is 10.9 Å². The number of nitrogens with two attached hydrogens (primary N) is 1. The van der Waals surface area contributed by atoms with E-state index in [0.717, 1.165) is 27.8 Å². The lowest BCUT2D eigenvalue weighted by molar-refractivity contribution is 0.415. The zero-order valence-corrected chi connectivity index (χ0v) is 12.5. The summed E-state index contributed by atoms with van der Waals surface area (Å²) in [7, 11) is 1.65. The van der Waals surface area contributed by atoms with Crippen LogP contribution in [0.2, 0.25) is 0 Å². The molecule has 0 fully saturated rings. The predicted molar refractivity (Wildman–Crippen MR) is 86.8 cm³/mol. The van der Waals surface area contributed by atoms with Crippen molar-refractivity contribution in [3.8, 4) is 5.75 Å². The van der Waals surface area contributed by atoms with Gasteiger partial charge in [-0.1, -0.05) is 12.1 Å². The molecule has 0 bridgehead atoms. The first-order valence-corrected chi connectivity index (χ1v) is 7.31. The first-order chi connectivity index (χ1) is 10.7. The van der Waals surface area contributed by atoms with Gasteiger partial charge in [-0.25, -0.2) is 4.39 Å². The molecule has 0 aliphatic rings. The van der Waals surface area contributed by atoms with Crippen LogP contribution in [0.3, 0.4) is 0 Å². The Bertz CT molecular complexity index is 782. The van der Waals surface area contributed by atoms with Gasteiger partial charge in [0.1, 0.15) is 11.6 Å². The fourth-order valence-corrected chi connectivity index (χ4v) is 2.85. The molecule has 2 aromatic carbocycles. The van der Waals surface area contributed by atoms with Gasteiger partial charge in [-0.05, 0) is 54.4 Å². The minimum atomic E-state index is -0.214. The molecule has 1 aromatic heterocycles. The van der Waals surface area contributed by atoms with Crippen LogP contribution in [0.15, 0.2) is 48.7 Å². The fraction of sp³-hybridized carbons (Fsp3) is 0.222. The SMILES string of the molecule is COc1ccc2[nH]cc(C(CN)Cc3cccc(F)c3)c2c1. The summed E-state index contributed by atoms with van der Waals surface area (Å²) in [5.74, 6) is 0.728.